The van der Waals surface area contributed by atoms with Gasteiger partial charge >= 0.3 is 12.0 Å². The average Bonchev–Trinajstić information content (AvgIpc) is 2.32. The number of carbonyl (C=O) groups excluding carboxylic acids is 1. The summed E-state index contributed by atoms with van der Waals surface area (Å²) in [5, 5.41) is 12.2. The maximum atomic E-state index is 12.1. The van der Waals surface area contributed by atoms with Crippen molar-refractivity contribution >= 4 is 29.3 Å². The molecule has 5 nitrogen and oxygen atoms in total. The molecule has 2 N–H and O–H groups in total. The number of nitrogens with zero attached hydrogens (tertiary/aromatic N) is 1. The summed E-state index contributed by atoms with van der Waals surface area (Å²) in [7, 11) is 0. The molecule has 0 radical (unpaired) electrons. The van der Waals surface area contributed by atoms with Gasteiger partial charge in [-0.1, -0.05) is 23.7 Å². The van der Waals surface area contributed by atoms with Gasteiger partial charge in [-0.3, -0.25) is 0 Å². The molecule has 0 fully saturated rings. The third-order valence-corrected chi connectivity index (χ3v) is 3.20. The monoisotopic (exact) mass is 284 g/mol. The van der Waals surface area contributed by atoms with Gasteiger partial charge in [0.25, 0.3) is 0 Å². The fraction of sp³-hybridized carbons (Fsp3) is 0.385. The zero-order valence-electron chi connectivity index (χ0n) is 11.1. The fourth-order valence-corrected chi connectivity index (χ4v) is 1.84. The number of nitrogens with one attached hydrogen (secondary N) is 1. The Bertz CT molecular complexity index is 489. The summed E-state index contributed by atoms with van der Waals surface area (Å²) in [6.45, 7) is 4.95. The summed E-state index contributed by atoms with van der Waals surface area (Å²) in [5.74, 6) is -1.07. The minimum absolute atomic E-state index is 0.273. The number of benzene rings is 1. The predicted octanol–water partition coefficient (Wildman–Crippen LogP) is 3.06. The summed E-state index contributed by atoms with van der Waals surface area (Å²) in [6.07, 6.45) is 0. The number of carbonyl (C=O) groups is 2. The van der Waals surface area contributed by atoms with E-state index in [1.807, 2.05) is 0 Å². The van der Waals surface area contributed by atoms with Crippen molar-refractivity contribution in [1.29, 1.82) is 0 Å². The lowest BCUT2D eigenvalue weighted by Crippen LogP contribution is -2.54. The van der Waals surface area contributed by atoms with E-state index in [1.165, 1.54) is 18.7 Å². The number of rotatable bonds is 4. The van der Waals surface area contributed by atoms with E-state index in [0.717, 1.165) is 0 Å². The van der Waals surface area contributed by atoms with Crippen molar-refractivity contribution < 1.29 is 14.7 Å². The van der Waals surface area contributed by atoms with E-state index in [-0.39, 0.29) is 6.54 Å². The molecular formula is C13H17ClN2O3. The molecule has 6 heteroatoms. The first kappa shape index (κ1) is 15.3. The second kappa shape index (κ2) is 5.93. The Kier molecular flexibility index (Phi) is 4.78. The minimum atomic E-state index is -1.29. The lowest BCUT2D eigenvalue weighted by Gasteiger charge is -2.34. The average molecular weight is 285 g/mol. The van der Waals surface area contributed by atoms with Crippen LogP contribution in [0.3, 0.4) is 0 Å². The number of hydrogen-bond donors (Lipinski definition) is 2. The second-order valence-corrected chi connectivity index (χ2v) is 4.93. The topological polar surface area (TPSA) is 69.6 Å². The van der Waals surface area contributed by atoms with Crippen LogP contribution in [0.15, 0.2) is 24.3 Å². The van der Waals surface area contributed by atoms with Crippen molar-refractivity contribution in [3.8, 4) is 0 Å². The molecule has 0 unspecified atom stereocenters. The van der Waals surface area contributed by atoms with Crippen LogP contribution in [-0.2, 0) is 4.79 Å². The Balaban J connectivity index is 2.93. The van der Waals surface area contributed by atoms with Crippen molar-refractivity contribution in [3.05, 3.63) is 29.3 Å². The van der Waals surface area contributed by atoms with E-state index in [4.69, 9.17) is 16.7 Å². The van der Waals surface area contributed by atoms with E-state index >= 15 is 0 Å². The second-order valence-electron chi connectivity index (χ2n) is 4.52. The molecule has 1 aromatic rings. The summed E-state index contributed by atoms with van der Waals surface area (Å²) in [6, 6.07) is 6.29. The van der Waals surface area contributed by atoms with Gasteiger partial charge in [0.05, 0.1) is 10.7 Å². The highest BCUT2D eigenvalue weighted by Crippen LogP contribution is 2.22. The molecule has 0 saturated heterocycles. The quantitative estimate of drug-likeness (QED) is 0.893. The van der Waals surface area contributed by atoms with Crippen LogP contribution >= 0.6 is 11.6 Å². The highest BCUT2D eigenvalue weighted by atomic mass is 35.5. The molecule has 2 amide bonds. The standard InChI is InChI=1S/C13H17ClN2O3/c1-4-16(13(2,3)11(17)18)12(19)15-10-8-6-5-7-9(10)14/h5-8H,4H2,1-3H3,(H,15,19)(H,17,18). The van der Waals surface area contributed by atoms with Crippen molar-refractivity contribution in [2.75, 3.05) is 11.9 Å². The molecular weight excluding hydrogens is 268 g/mol. The number of carboxylic acids is 1. The van der Waals surface area contributed by atoms with E-state index in [0.29, 0.717) is 10.7 Å². The molecule has 0 spiro atoms. The molecule has 0 aromatic heterocycles. The van der Waals surface area contributed by atoms with E-state index < -0.39 is 17.5 Å². The van der Waals surface area contributed by atoms with Crippen LogP contribution in [0.1, 0.15) is 20.8 Å². The summed E-state index contributed by atoms with van der Waals surface area (Å²) in [5.41, 5.74) is -0.839. The predicted molar refractivity (Wildman–Crippen MR) is 74.6 cm³/mol. The lowest BCUT2D eigenvalue weighted by molar-refractivity contribution is -0.147. The molecule has 0 heterocycles. The molecule has 19 heavy (non-hydrogen) atoms. The van der Waals surface area contributed by atoms with Crippen molar-refractivity contribution in [3.63, 3.8) is 0 Å². The summed E-state index contributed by atoms with van der Waals surface area (Å²) in [4.78, 5) is 24.6. The number of hydrogen-bond acceptors (Lipinski definition) is 2. The minimum Gasteiger partial charge on any atom is -0.480 e. The third kappa shape index (κ3) is 3.38. The zero-order valence-corrected chi connectivity index (χ0v) is 11.9. The SMILES string of the molecule is CCN(C(=O)Nc1ccccc1Cl)C(C)(C)C(=O)O. The molecule has 0 aliphatic carbocycles. The van der Waals surface area contributed by atoms with Gasteiger partial charge in [-0.2, -0.15) is 0 Å². The van der Waals surface area contributed by atoms with Crippen molar-refractivity contribution in [2.24, 2.45) is 0 Å². The van der Waals surface area contributed by atoms with Gasteiger partial charge in [-0.05, 0) is 32.9 Å². The first-order valence-corrected chi connectivity index (χ1v) is 6.25. The smallest absolute Gasteiger partial charge is 0.329 e. The molecule has 0 bridgehead atoms. The number of anilines is 1. The summed E-state index contributed by atoms with van der Waals surface area (Å²) >= 11 is 5.94. The molecule has 0 saturated carbocycles. The molecule has 0 atom stereocenters. The Morgan fingerprint density at radius 1 is 1.37 bits per heavy atom. The lowest BCUT2D eigenvalue weighted by atomic mass is 10.0. The van der Waals surface area contributed by atoms with Crippen LogP contribution in [-0.4, -0.2) is 34.1 Å². The van der Waals surface area contributed by atoms with Gasteiger partial charge in [0.1, 0.15) is 5.54 Å². The van der Waals surface area contributed by atoms with E-state index in [9.17, 15) is 9.59 Å². The van der Waals surface area contributed by atoms with E-state index in [2.05, 4.69) is 5.32 Å². The Morgan fingerprint density at radius 3 is 2.42 bits per heavy atom. The number of aliphatic carboxylic acids is 1. The first-order chi connectivity index (χ1) is 8.80. The van der Waals surface area contributed by atoms with Crippen molar-refractivity contribution in [1.82, 2.24) is 4.90 Å². The van der Waals surface area contributed by atoms with E-state index in [1.54, 1.807) is 31.2 Å². The van der Waals surface area contributed by atoms with Gasteiger partial charge in [-0.15, -0.1) is 0 Å². The highest BCUT2D eigenvalue weighted by Gasteiger charge is 2.37. The molecule has 1 aromatic carbocycles. The largest absolute Gasteiger partial charge is 0.480 e. The Labute approximate surface area is 117 Å². The zero-order chi connectivity index (χ0) is 14.6. The maximum Gasteiger partial charge on any atom is 0.329 e. The number of amides is 2. The van der Waals surface area contributed by atoms with Crippen LogP contribution in [0, 0.1) is 0 Å². The highest BCUT2D eigenvalue weighted by molar-refractivity contribution is 6.33. The number of likely N-dealkylation sites (N-methyl/N-ethyl adjacent to an activating group) is 1. The number of halogens is 1. The molecule has 104 valence electrons. The molecule has 1 rings (SSSR count). The molecule has 0 aliphatic heterocycles. The Hall–Kier alpha value is -1.75. The summed E-state index contributed by atoms with van der Waals surface area (Å²) < 4.78 is 0. The number of urea groups is 1. The normalized spacial score (nSPS) is 10.9. The van der Waals surface area contributed by atoms with Gasteiger partial charge in [-0.25, -0.2) is 9.59 Å². The van der Waals surface area contributed by atoms with Crippen LogP contribution in [0.25, 0.3) is 0 Å². The third-order valence-electron chi connectivity index (χ3n) is 2.88. The van der Waals surface area contributed by atoms with Crippen molar-refractivity contribution in [2.45, 2.75) is 26.3 Å². The number of carboxylic acid groups (broad SMARTS) is 1. The molecule has 0 aliphatic rings. The number of para-hydroxylation sites is 1. The van der Waals surface area contributed by atoms with Crippen LogP contribution < -0.4 is 5.32 Å². The van der Waals surface area contributed by atoms with Crippen LogP contribution in [0.4, 0.5) is 10.5 Å². The van der Waals surface area contributed by atoms with Gasteiger partial charge in [0, 0.05) is 6.54 Å². The Morgan fingerprint density at radius 2 is 1.95 bits per heavy atom. The van der Waals surface area contributed by atoms with Crippen LogP contribution in [0.2, 0.25) is 5.02 Å². The fourth-order valence-electron chi connectivity index (χ4n) is 1.65. The van der Waals surface area contributed by atoms with Gasteiger partial charge in [0.2, 0.25) is 0 Å². The van der Waals surface area contributed by atoms with Gasteiger partial charge in [0.15, 0.2) is 0 Å². The van der Waals surface area contributed by atoms with Gasteiger partial charge < -0.3 is 15.3 Å². The maximum absolute atomic E-state index is 12.1. The first-order valence-electron chi connectivity index (χ1n) is 5.87. The van der Waals surface area contributed by atoms with Crippen LogP contribution in [0.5, 0.6) is 0 Å².